The standard InChI is InChI=1S/C26H25N3O5S/c1-18-8-12-22(13-9-18)29-25(31)16-24(26(29)32)28(17-20-6-4-3-5-7-20)35(33,34)23-14-10-21(11-15-23)27-19(2)30/h3-15,24H,16-17H2,1-2H3,(H,27,30). The quantitative estimate of drug-likeness (QED) is 0.510. The molecule has 1 saturated heterocycles. The van der Waals surface area contributed by atoms with Gasteiger partial charge >= 0.3 is 0 Å². The van der Waals surface area contributed by atoms with Gasteiger partial charge in [0.2, 0.25) is 21.8 Å². The number of hydrogen-bond donors (Lipinski definition) is 1. The molecule has 3 aromatic carbocycles. The molecule has 8 nitrogen and oxygen atoms in total. The Labute approximate surface area is 204 Å². The van der Waals surface area contributed by atoms with Gasteiger partial charge in [-0.2, -0.15) is 4.31 Å². The van der Waals surface area contributed by atoms with Gasteiger partial charge in [-0.15, -0.1) is 0 Å². The third-order valence-corrected chi connectivity index (χ3v) is 7.59. The lowest BCUT2D eigenvalue weighted by atomic mass is 10.2. The average molecular weight is 492 g/mol. The summed E-state index contributed by atoms with van der Waals surface area (Å²) in [6.07, 6.45) is -0.261. The first kappa shape index (κ1) is 24.3. The molecule has 1 unspecified atom stereocenters. The summed E-state index contributed by atoms with van der Waals surface area (Å²) in [6.45, 7) is 3.17. The Kier molecular flexibility index (Phi) is 6.81. The van der Waals surface area contributed by atoms with E-state index in [1.807, 2.05) is 13.0 Å². The van der Waals surface area contributed by atoms with Gasteiger partial charge in [-0.1, -0.05) is 48.0 Å². The lowest BCUT2D eigenvalue weighted by Crippen LogP contribution is -2.45. The Morgan fingerprint density at radius 1 is 0.971 bits per heavy atom. The second kappa shape index (κ2) is 9.81. The van der Waals surface area contributed by atoms with Crippen molar-refractivity contribution < 1.29 is 22.8 Å². The maximum absolute atomic E-state index is 13.8. The highest BCUT2D eigenvalue weighted by molar-refractivity contribution is 7.89. The number of carbonyl (C=O) groups is 3. The SMILES string of the molecule is CC(=O)Nc1ccc(S(=O)(=O)N(Cc2ccccc2)C2CC(=O)N(c3ccc(C)cc3)C2=O)cc1. The van der Waals surface area contributed by atoms with Gasteiger partial charge in [-0.3, -0.25) is 14.4 Å². The van der Waals surface area contributed by atoms with Gasteiger partial charge in [0, 0.05) is 19.2 Å². The predicted octanol–water partition coefficient (Wildman–Crippen LogP) is 3.48. The molecule has 1 fully saturated rings. The van der Waals surface area contributed by atoms with Gasteiger partial charge in [0.1, 0.15) is 6.04 Å². The average Bonchev–Trinajstić information content (AvgIpc) is 3.12. The minimum absolute atomic E-state index is 0.0448. The van der Waals surface area contributed by atoms with Crippen molar-refractivity contribution in [1.29, 1.82) is 0 Å². The molecule has 1 heterocycles. The molecular weight excluding hydrogens is 466 g/mol. The van der Waals surface area contributed by atoms with Crippen LogP contribution in [0.4, 0.5) is 11.4 Å². The fourth-order valence-corrected chi connectivity index (χ4v) is 5.55. The molecule has 0 aliphatic carbocycles. The monoisotopic (exact) mass is 491 g/mol. The molecule has 1 aliphatic heterocycles. The molecule has 180 valence electrons. The molecule has 0 radical (unpaired) electrons. The van der Waals surface area contributed by atoms with E-state index in [0.29, 0.717) is 16.9 Å². The minimum Gasteiger partial charge on any atom is -0.326 e. The predicted molar refractivity (Wildman–Crippen MR) is 132 cm³/mol. The molecule has 0 saturated carbocycles. The van der Waals surface area contributed by atoms with Crippen molar-refractivity contribution in [2.75, 3.05) is 10.2 Å². The number of carbonyl (C=O) groups excluding carboxylic acids is 3. The van der Waals surface area contributed by atoms with Crippen LogP contribution in [-0.2, 0) is 31.0 Å². The molecule has 3 amide bonds. The van der Waals surface area contributed by atoms with Crippen molar-refractivity contribution in [2.45, 2.75) is 37.8 Å². The Morgan fingerprint density at radius 3 is 2.20 bits per heavy atom. The highest BCUT2D eigenvalue weighted by atomic mass is 32.2. The number of nitrogens with one attached hydrogen (secondary N) is 1. The zero-order chi connectivity index (χ0) is 25.2. The van der Waals surface area contributed by atoms with Crippen molar-refractivity contribution in [2.24, 2.45) is 0 Å². The molecule has 0 bridgehead atoms. The van der Waals surface area contributed by atoms with Gasteiger partial charge in [0.05, 0.1) is 17.0 Å². The van der Waals surface area contributed by atoms with E-state index >= 15 is 0 Å². The zero-order valence-corrected chi connectivity index (χ0v) is 20.2. The maximum Gasteiger partial charge on any atom is 0.252 e. The largest absolute Gasteiger partial charge is 0.326 e. The van der Waals surface area contributed by atoms with Crippen LogP contribution in [0.2, 0.25) is 0 Å². The summed E-state index contributed by atoms with van der Waals surface area (Å²) < 4.78 is 28.6. The number of aryl methyl sites for hydroxylation is 1. The van der Waals surface area contributed by atoms with Crippen molar-refractivity contribution in [3.8, 4) is 0 Å². The van der Waals surface area contributed by atoms with Crippen molar-refractivity contribution in [3.63, 3.8) is 0 Å². The number of benzene rings is 3. The van der Waals surface area contributed by atoms with E-state index in [0.717, 1.165) is 14.8 Å². The first-order valence-electron chi connectivity index (χ1n) is 11.0. The van der Waals surface area contributed by atoms with E-state index in [4.69, 9.17) is 0 Å². The van der Waals surface area contributed by atoms with Crippen LogP contribution in [0.15, 0.2) is 83.8 Å². The molecule has 1 N–H and O–H groups in total. The van der Waals surface area contributed by atoms with E-state index in [2.05, 4.69) is 5.32 Å². The van der Waals surface area contributed by atoms with Crippen LogP contribution in [0.25, 0.3) is 0 Å². The number of nitrogens with zero attached hydrogens (tertiary/aromatic N) is 2. The Hall–Kier alpha value is -3.82. The van der Waals surface area contributed by atoms with Crippen molar-refractivity contribution >= 4 is 39.1 Å². The lowest BCUT2D eigenvalue weighted by molar-refractivity contribution is -0.122. The minimum atomic E-state index is -4.18. The number of anilines is 2. The molecule has 9 heteroatoms. The molecule has 0 aromatic heterocycles. The molecular formula is C26H25N3O5S. The van der Waals surface area contributed by atoms with Crippen LogP contribution >= 0.6 is 0 Å². The normalized spacial score (nSPS) is 16.1. The summed E-state index contributed by atoms with van der Waals surface area (Å²) >= 11 is 0. The van der Waals surface area contributed by atoms with Gasteiger partial charge < -0.3 is 5.32 Å². The van der Waals surface area contributed by atoms with Crippen LogP contribution in [0.5, 0.6) is 0 Å². The number of hydrogen-bond acceptors (Lipinski definition) is 5. The second-order valence-electron chi connectivity index (χ2n) is 8.36. The fraction of sp³-hybridized carbons (Fsp3) is 0.192. The number of sulfonamides is 1. The number of imide groups is 1. The summed E-state index contributed by atoms with van der Waals surface area (Å²) in [5.74, 6) is -1.33. The maximum atomic E-state index is 13.8. The summed E-state index contributed by atoms with van der Waals surface area (Å²) in [4.78, 5) is 38.6. The van der Waals surface area contributed by atoms with Crippen LogP contribution in [0.1, 0.15) is 24.5 Å². The molecule has 1 aliphatic rings. The lowest BCUT2D eigenvalue weighted by Gasteiger charge is -2.27. The summed E-state index contributed by atoms with van der Waals surface area (Å²) in [6, 6.07) is 20.3. The van der Waals surface area contributed by atoms with Gasteiger partial charge in [-0.05, 0) is 48.9 Å². The van der Waals surface area contributed by atoms with E-state index < -0.39 is 27.9 Å². The zero-order valence-electron chi connectivity index (χ0n) is 19.3. The van der Waals surface area contributed by atoms with Crippen molar-refractivity contribution in [3.05, 3.63) is 90.0 Å². The Bertz CT molecular complexity index is 1350. The highest BCUT2D eigenvalue weighted by Gasteiger charge is 2.47. The first-order valence-corrected chi connectivity index (χ1v) is 12.5. The van der Waals surface area contributed by atoms with Gasteiger partial charge in [-0.25, -0.2) is 13.3 Å². The third kappa shape index (κ3) is 5.16. The van der Waals surface area contributed by atoms with Crippen LogP contribution in [-0.4, -0.2) is 36.5 Å². The van der Waals surface area contributed by atoms with Gasteiger partial charge in [0.25, 0.3) is 5.91 Å². The molecule has 1 atom stereocenters. The molecule has 35 heavy (non-hydrogen) atoms. The molecule has 4 rings (SSSR count). The van der Waals surface area contributed by atoms with Crippen LogP contribution in [0.3, 0.4) is 0 Å². The molecule has 0 spiro atoms. The summed E-state index contributed by atoms with van der Waals surface area (Å²) in [5, 5.41) is 2.60. The number of rotatable bonds is 7. The van der Waals surface area contributed by atoms with E-state index in [1.54, 1.807) is 48.5 Å². The van der Waals surface area contributed by atoms with E-state index in [-0.39, 0.29) is 23.8 Å². The molecule has 3 aromatic rings. The highest BCUT2D eigenvalue weighted by Crippen LogP contribution is 2.31. The van der Waals surface area contributed by atoms with Gasteiger partial charge in [0.15, 0.2) is 0 Å². The van der Waals surface area contributed by atoms with Crippen LogP contribution in [0, 0.1) is 6.92 Å². The van der Waals surface area contributed by atoms with Crippen LogP contribution < -0.4 is 10.2 Å². The Balaban J connectivity index is 1.71. The summed E-state index contributed by atoms with van der Waals surface area (Å²) in [7, 11) is -4.18. The first-order chi connectivity index (χ1) is 16.7. The topological polar surface area (TPSA) is 104 Å². The van der Waals surface area contributed by atoms with E-state index in [9.17, 15) is 22.8 Å². The summed E-state index contributed by atoms with van der Waals surface area (Å²) in [5.41, 5.74) is 2.51. The smallest absolute Gasteiger partial charge is 0.252 e. The second-order valence-corrected chi connectivity index (χ2v) is 10.3. The fourth-order valence-electron chi connectivity index (χ4n) is 3.98. The third-order valence-electron chi connectivity index (χ3n) is 5.73. The van der Waals surface area contributed by atoms with E-state index in [1.165, 1.54) is 31.2 Å². The van der Waals surface area contributed by atoms with Crippen molar-refractivity contribution in [1.82, 2.24) is 4.31 Å². The number of amides is 3. The Morgan fingerprint density at radius 2 is 1.60 bits per heavy atom.